The minimum absolute atomic E-state index is 0.162. The Balaban J connectivity index is 2.14. The first-order valence-electron chi connectivity index (χ1n) is 8.11. The lowest BCUT2D eigenvalue weighted by atomic mass is 9.82. The van der Waals surface area contributed by atoms with E-state index in [1.54, 1.807) is 0 Å². The van der Waals surface area contributed by atoms with Gasteiger partial charge in [-0.3, -0.25) is 11.3 Å². The SMILES string of the molecule is CC(CC(NN)c1cccc2c1OCCC2)CC(C)(C)C. The third kappa shape index (κ3) is 4.45. The molecule has 1 aliphatic heterocycles. The second-order valence-electron chi connectivity index (χ2n) is 7.61. The van der Waals surface area contributed by atoms with Crippen LogP contribution in [0.1, 0.15) is 64.1 Å². The Kier molecular flexibility index (Phi) is 5.28. The summed E-state index contributed by atoms with van der Waals surface area (Å²) < 4.78 is 5.92. The predicted octanol–water partition coefficient (Wildman–Crippen LogP) is 3.98. The zero-order chi connectivity index (χ0) is 15.5. The predicted molar refractivity (Wildman–Crippen MR) is 88.2 cm³/mol. The maximum atomic E-state index is 5.92. The number of nitrogens with two attached hydrogens (primary N) is 1. The van der Waals surface area contributed by atoms with Gasteiger partial charge in [0, 0.05) is 11.6 Å². The van der Waals surface area contributed by atoms with E-state index in [-0.39, 0.29) is 6.04 Å². The molecule has 2 atom stereocenters. The highest BCUT2D eigenvalue weighted by Gasteiger charge is 2.24. The van der Waals surface area contributed by atoms with Gasteiger partial charge in [0.2, 0.25) is 0 Å². The van der Waals surface area contributed by atoms with Crippen LogP contribution in [0.4, 0.5) is 0 Å². The van der Waals surface area contributed by atoms with E-state index in [4.69, 9.17) is 10.6 Å². The third-order valence-corrected chi connectivity index (χ3v) is 4.14. The van der Waals surface area contributed by atoms with Gasteiger partial charge in [0.25, 0.3) is 0 Å². The molecule has 0 amide bonds. The molecule has 0 radical (unpaired) electrons. The molecular formula is C18H30N2O. The Morgan fingerprint density at radius 2 is 2.10 bits per heavy atom. The maximum Gasteiger partial charge on any atom is 0.127 e. The van der Waals surface area contributed by atoms with Crippen LogP contribution >= 0.6 is 0 Å². The van der Waals surface area contributed by atoms with Crippen molar-refractivity contribution in [1.82, 2.24) is 5.43 Å². The Bertz CT molecular complexity index is 465. The van der Waals surface area contributed by atoms with Gasteiger partial charge in [-0.1, -0.05) is 45.9 Å². The molecule has 1 aliphatic rings. The van der Waals surface area contributed by atoms with Gasteiger partial charge in [0.15, 0.2) is 0 Å². The molecule has 3 nitrogen and oxygen atoms in total. The lowest BCUT2D eigenvalue weighted by Crippen LogP contribution is -2.31. The number of para-hydroxylation sites is 1. The summed E-state index contributed by atoms with van der Waals surface area (Å²) in [5.41, 5.74) is 5.90. The third-order valence-electron chi connectivity index (χ3n) is 4.14. The Morgan fingerprint density at radius 1 is 1.33 bits per heavy atom. The highest BCUT2D eigenvalue weighted by atomic mass is 16.5. The molecule has 3 N–H and O–H groups in total. The van der Waals surface area contributed by atoms with E-state index in [9.17, 15) is 0 Å². The van der Waals surface area contributed by atoms with Gasteiger partial charge in [-0.15, -0.1) is 0 Å². The summed E-state index contributed by atoms with van der Waals surface area (Å²) in [6, 6.07) is 6.61. The van der Waals surface area contributed by atoms with E-state index < -0.39 is 0 Å². The number of benzene rings is 1. The van der Waals surface area contributed by atoms with Crippen molar-refractivity contribution in [2.75, 3.05) is 6.61 Å². The van der Waals surface area contributed by atoms with Gasteiger partial charge in [-0.2, -0.15) is 0 Å². The smallest absolute Gasteiger partial charge is 0.127 e. The normalized spacial score (nSPS) is 17.8. The topological polar surface area (TPSA) is 47.3 Å². The molecule has 0 saturated heterocycles. The monoisotopic (exact) mass is 290 g/mol. The molecule has 2 unspecified atom stereocenters. The van der Waals surface area contributed by atoms with Gasteiger partial charge in [0.05, 0.1) is 6.61 Å². The highest BCUT2D eigenvalue weighted by molar-refractivity contribution is 5.44. The van der Waals surface area contributed by atoms with Crippen molar-refractivity contribution in [3.63, 3.8) is 0 Å². The highest BCUT2D eigenvalue weighted by Crippen LogP contribution is 2.36. The number of aryl methyl sites for hydroxylation is 1. The van der Waals surface area contributed by atoms with Gasteiger partial charge in [-0.05, 0) is 42.6 Å². The minimum atomic E-state index is 0.162. The van der Waals surface area contributed by atoms with Gasteiger partial charge in [0.1, 0.15) is 5.75 Å². The molecule has 118 valence electrons. The van der Waals surface area contributed by atoms with Crippen molar-refractivity contribution >= 4 is 0 Å². The molecule has 1 aromatic carbocycles. The fourth-order valence-corrected chi connectivity index (χ4v) is 3.50. The first-order valence-corrected chi connectivity index (χ1v) is 8.11. The van der Waals surface area contributed by atoms with Gasteiger partial charge >= 0.3 is 0 Å². The molecular weight excluding hydrogens is 260 g/mol. The van der Waals surface area contributed by atoms with E-state index in [2.05, 4.69) is 51.3 Å². The molecule has 21 heavy (non-hydrogen) atoms. The number of hydrogen-bond donors (Lipinski definition) is 2. The average molecular weight is 290 g/mol. The molecule has 0 aromatic heterocycles. The second kappa shape index (κ2) is 6.80. The molecule has 0 saturated carbocycles. The summed E-state index contributed by atoms with van der Waals surface area (Å²) >= 11 is 0. The van der Waals surface area contributed by atoms with E-state index in [1.165, 1.54) is 17.5 Å². The number of fused-ring (bicyclic) bond motifs is 1. The van der Waals surface area contributed by atoms with Crippen molar-refractivity contribution < 1.29 is 4.74 Å². The van der Waals surface area contributed by atoms with Crippen LogP contribution in [0.15, 0.2) is 18.2 Å². The molecule has 2 rings (SSSR count). The number of rotatable bonds is 5. The summed E-state index contributed by atoms with van der Waals surface area (Å²) in [4.78, 5) is 0. The summed E-state index contributed by atoms with van der Waals surface area (Å²) in [6.07, 6.45) is 4.45. The largest absolute Gasteiger partial charge is 0.493 e. The number of ether oxygens (including phenoxy) is 1. The maximum absolute atomic E-state index is 5.92. The van der Waals surface area contributed by atoms with Crippen LogP contribution in [0.3, 0.4) is 0 Å². The Morgan fingerprint density at radius 3 is 2.76 bits per heavy atom. The minimum Gasteiger partial charge on any atom is -0.493 e. The molecule has 1 heterocycles. The van der Waals surface area contributed by atoms with E-state index in [0.717, 1.165) is 31.6 Å². The Hall–Kier alpha value is -1.06. The quantitative estimate of drug-likeness (QED) is 0.637. The molecule has 0 spiro atoms. The van der Waals surface area contributed by atoms with Crippen molar-refractivity contribution in [2.24, 2.45) is 17.2 Å². The number of nitrogens with one attached hydrogen (secondary N) is 1. The number of hydrogen-bond acceptors (Lipinski definition) is 3. The zero-order valence-electron chi connectivity index (χ0n) is 13.9. The lowest BCUT2D eigenvalue weighted by molar-refractivity contribution is 0.262. The van der Waals surface area contributed by atoms with Gasteiger partial charge in [-0.25, -0.2) is 0 Å². The van der Waals surface area contributed by atoms with E-state index in [1.807, 2.05) is 0 Å². The van der Waals surface area contributed by atoms with Crippen molar-refractivity contribution in [1.29, 1.82) is 0 Å². The van der Waals surface area contributed by atoms with Crippen LogP contribution in [0.5, 0.6) is 5.75 Å². The van der Waals surface area contributed by atoms with Crippen LogP contribution < -0.4 is 16.0 Å². The Labute approximate surface area is 129 Å². The molecule has 0 fully saturated rings. The zero-order valence-corrected chi connectivity index (χ0v) is 13.9. The van der Waals surface area contributed by atoms with Crippen molar-refractivity contribution in [3.05, 3.63) is 29.3 Å². The lowest BCUT2D eigenvalue weighted by Gasteiger charge is -2.29. The summed E-state index contributed by atoms with van der Waals surface area (Å²) in [5.74, 6) is 7.53. The summed E-state index contributed by atoms with van der Waals surface area (Å²) in [5, 5.41) is 0. The first kappa shape index (κ1) is 16.3. The molecule has 1 aromatic rings. The van der Waals surface area contributed by atoms with Gasteiger partial charge < -0.3 is 4.74 Å². The van der Waals surface area contributed by atoms with E-state index >= 15 is 0 Å². The van der Waals surface area contributed by atoms with Crippen molar-refractivity contribution in [3.8, 4) is 5.75 Å². The fraction of sp³-hybridized carbons (Fsp3) is 0.667. The first-order chi connectivity index (χ1) is 9.90. The average Bonchev–Trinajstić information content (AvgIpc) is 2.42. The summed E-state index contributed by atoms with van der Waals surface area (Å²) in [6.45, 7) is 10.0. The standard InChI is InChI=1S/C18H30N2O/c1-13(12-18(2,3)4)11-16(20-19)15-9-5-7-14-8-6-10-21-17(14)15/h5,7,9,13,16,20H,6,8,10-12,19H2,1-4H3. The fourth-order valence-electron chi connectivity index (χ4n) is 3.50. The van der Waals surface area contributed by atoms with Crippen LogP contribution in [0.2, 0.25) is 0 Å². The summed E-state index contributed by atoms with van der Waals surface area (Å²) in [7, 11) is 0. The number of hydrazine groups is 1. The molecule has 0 aliphatic carbocycles. The van der Waals surface area contributed by atoms with Crippen molar-refractivity contribution in [2.45, 2.75) is 59.4 Å². The van der Waals surface area contributed by atoms with Crippen LogP contribution in [-0.4, -0.2) is 6.61 Å². The van der Waals surface area contributed by atoms with Crippen LogP contribution in [0.25, 0.3) is 0 Å². The molecule has 0 bridgehead atoms. The second-order valence-corrected chi connectivity index (χ2v) is 7.61. The van der Waals surface area contributed by atoms with Crippen LogP contribution in [-0.2, 0) is 6.42 Å². The van der Waals surface area contributed by atoms with Crippen LogP contribution in [0, 0.1) is 11.3 Å². The molecule has 3 heteroatoms. The van der Waals surface area contributed by atoms with E-state index in [0.29, 0.717) is 11.3 Å².